The van der Waals surface area contributed by atoms with E-state index in [1.54, 1.807) is 17.3 Å². The van der Waals surface area contributed by atoms with E-state index < -0.39 is 0 Å². The van der Waals surface area contributed by atoms with E-state index in [2.05, 4.69) is 4.98 Å². The van der Waals surface area contributed by atoms with Gasteiger partial charge in [-0.3, -0.25) is 4.79 Å². The summed E-state index contributed by atoms with van der Waals surface area (Å²) >= 11 is 1.49. The van der Waals surface area contributed by atoms with Crippen molar-refractivity contribution in [2.24, 2.45) is 11.1 Å². The predicted octanol–water partition coefficient (Wildman–Crippen LogP) is 1.51. The molecule has 1 heterocycles. The largest absolute Gasteiger partial charge is 0.340 e. The quantitative estimate of drug-likeness (QED) is 0.869. The number of aryl methyl sites for hydroxylation is 1. The van der Waals surface area contributed by atoms with E-state index in [0.717, 1.165) is 5.01 Å². The van der Waals surface area contributed by atoms with Gasteiger partial charge in [0, 0.05) is 19.0 Å². The zero-order valence-corrected chi connectivity index (χ0v) is 11.1. The van der Waals surface area contributed by atoms with Crippen LogP contribution in [0.2, 0.25) is 0 Å². The molecule has 0 saturated heterocycles. The fourth-order valence-electron chi connectivity index (χ4n) is 1.44. The molecule has 0 aliphatic rings. The average Bonchev–Trinajstić information content (AvgIpc) is 2.63. The van der Waals surface area contributed by atoms with Gasteiger partial charge in [0.05, 0.1) is 5.01 Å². The third-order valence-corrected chi connectivity index (χ3v) is 3.18. The van der Waals surface area contributed by atoms with Crippen molar-refractivity contribution in [2.45, 2.75) is 20.8 Å². The Balaban J connectivity index is 2.68. The Kier molecular flexibility index (Phi) is 4.04. The van der Waals surface area contributed by atoms with Gasteiger partial charge in [-0.05, 0) is 18.9 Å². The summed E-state index contributed by atoms with van der Waals surface area (Å²) < 4.78 is 0. The fourth-order valence-corrected chi connectivity index (χ4v) is 2.02. The van der Waals surface area contributed by atoms with Crippen molar-refractivity contribution in [1.82, 2.24) is 9.88 Å². The van der Waals surface area contributed by atoms with Gasteiger partial charge in [0.25, 0.3) is 5.91 Å². The molecule has 0 saturated carbocycles. The number of nitrogens with two attached hydrogens (primary N) is 1. The highest BCUT2D eigenvalue weighted by Gasteiger charge is 2.22. The van der Waals surface area contributed by atoms with Crippen molar-refractivity contribution in [3.63, 3.8) is 0 Å². The summed E-state index contributed by atoms with van der Waals surface area (Å²) in [6.07, 6.45) is 0. The van der Waals surface area contributed by atoms with E-state index >= 15 is 0 Å². The van der Waals surface area contributed by atoms with E-state index in [1.165, 1.54) is 11.3 Å². The molecule has 1 amide bonds. The van der Waals surface area contributed by atoms with Crippen molar-refractivity contribution in [3.8, 4) is 0 Å². The zero-order chi connectivity index (χ0) is 12.3. The van der Waals surface area contributed by atoms with Crippen LogP contribution in [0.3, 0.4) is 0 Å². The lowest BCUT2D eigenvalue weighted by Crippen LogP contribution is -2.39. The Bertz CT molecular complexity index is 373. The minimum absolute atomic E-state index is 0.0362. The second-order valence-electron chi connectivity index (χ2n) is 4.78. The molecule has 2 N–H and O–H groups in total. The highest BCUT2D eigenvalue weighted by molar-refractivity contribution is 7.09. The average molecular weight is 241 g/mol. The van der Waals surface area contributed by atoms with Gasteiger partial charge < -0.3 is 10.6 Å². The lowest BCUT2D eigenvalue weighted by molar-refractivity contribution is 0.0735. The van der Waals surface area contributed by atoms with Crippen LogP contribution in [0.4, 0.5) is 0 Å². The first-order valence-electron chi connectivity index (χ1n) is 5.23. The van der Waals surface area contributed by atoms with Crippen LogP contribution in [0, 0.1) is 12.3 Å². The summed E-state index contributed by atoms with van der Waals surface area (Å²) in [4.78, 5) is 17.8. The van der Waals surface area contributed by atoms with Gasteiger partial charge in [0.2, 0.25) is 0 Å². The molecule has 0 bridgehead atoms. The van der Waals surface area contributed by atoms with E-state index in [9.17, 15) is 4.79 Å². The van der Waals surface area contributed by atoms with Crippen molar-refractivity contribution in [1.29, 1.82) is 0 Å². The smallest absolute Gasteiger partial charge is 0.273 e. The van der Waals surface area contributed by atoms with Gasteiger partial charge in [0.15, 0.2) is 0 Å². The molecule has 0 spiro atoms. The number of rotatable bonds is 4. The second kappa shape index (κ2) is 4.93. The van der Waals surface area contributed by atoms with Crippen LogP contribution in [0.1, 0.15) is 29.3 Å². The zero-order valence-electron chi connectivity index (χ0n) is 10.3. The van der Waals surface area contributed by atoms with Crippen LogP contribution in [0.5, 0.6) is 0 Å². The highest BCUT2D eigenvalue weighted by atomic mass is 32.1. The molecule has 0 atom stereocenters. The Labute approximate surface area is 100 Å². The number of carbonyl (C=O) groups is 1. The molecule has 16 heavy (non-hydrogen) atoms. The summed E-state index contributed by atoms with van der Waals surface area (Å²) in [5.74, 6) is -0.0362. The lowest BCUT2D eigenvalue weighted by atomic mass is 9.93. The number of thiazole rings is 1. The van der Waals surface area contributed by atoms with Crippen LogP contribution >= 0.6 is 11.3 Å². The maximum Gasteiger partial charge on any atom is 0.273 e. The molecule has 4 nitrogen and oxygen atoms in total. The van der Waals surface area contributed by atoms with E-state index in [1.807, 2.05) is 20.8 Å². The number of aromatic nitrogens is 1. The number of hydrogen-bond acceptors (Lipinski definition) is 4. The van der Waals surface area contributed by atoms with Gasteiger partial charge in [0.1, 0.15) is 5.69 Å². The molecular formula is C11H19N3OS. The Morgan fingerprint density at radius 3 is 2.69 bits per heavy atom. The van der Waals surface area contributed by atoms with Crippen molar-refractivity contribution in [3.05, 3.63) is 16.1 Å². The van der Waals surface area contributed by atoms with Gasteiger partial charge in [-0.2, -0.15) is 0 Å². The minimum Gasteiger partial charge on any atom is -0.340 e. The maximum absolute atomic E-state index is 12.0. The number of nitrogens with zero attached hydrogens (tertiary/aromatic N) is 2. The monoisotopic (exact) mass is 241 g/mol. The first-order valence-corrected chi connectivity index (χ1v) is 6.11. The molecular weight excluding hydrogens is 222 g/mol. The maximum atomic E-state index is 12.0. The van der Waals surface area contributed by atoms with Crippen LogP contribution in [-0.2, 0) is 0 Å². The molecule has 0 aliphatic carbocycles. The summed E-state index contributed by atoms with van der Waals surface area (Å²) in [5, 5.41) is 2.71. The molecule has 90 valence electrons. The summed E-state index contributed by atoms with van der Waals surface area (Å²) in [6, 6.07) is 0. The number of amides is 1. The standard InChI is InChI=1S/C11H19N3OS/c1-8-13-9(5-16-8)10(15)14(4)7-11(2,3)6-12/h5H,6-7,12H2,1-4H3. The predicted molar refractivity (Wildman–Crippen MR) is 66.6 cm³/mol. The first-order chi connectivity index (χ1) is 7.35. The Hall–Kier alpha value is -0.940. The highest BCUT2D eigenvalue weighted by Crippen LogP contribution is 2.16. The summed E-state index contributed by atoms with van der Waals surface area (Å²) in [5.41, 5.74) is 6.11. The summed E-state index contributed by atoms with van der Waals surface area (Å²) in [7, 11) is 1.79. The first kappa shape index (κ1) is 13.1. The van der Waals surface area contributed by atoms with Crippen LogP contribution in [0.25, 0.3) is 0 Å². The van der Waals surface area contributed by atoms with Crippen molar-refractivity contribution >= 4 is 17.2 Å². The normalized spacial score (nSPS) is 11.6. The number of hydrogen-bond donors (Lipinski definition) is 1. The van der Waals surface area contributed by atoms with Crippen LogP contribution in [0.15, 0.2) is 5.38 Å². The van der Waals surface area contributed by atoms with Gasteiger partial charge in [-0.25, -0.2) is 4.98 Å². The fraction of sp³-hybridized carbons (Fsp3) is 0.636. The molecule has 0 aromatic carbocycles. The molecule has 0 radical (unpaired) electrons. The Morgan fingerprint density at radius 1 is 1.62 bits per heavy atom. The molecule has 0 aliphatic heterocycles. The lowest BCUT2D eigenvalue weighted by Gasteiger charge is -2.28. The van der Waals surface area contributed by atoms with E-state index in [0.29, 0.717) is 18.8 Å². The summed E-state index contributed by atoms with van der Waals surface area (Å²) in [6.45, 7) is 7.18. The Morgan fingerprint density at radius 2 is 2.25 bits per heavy atom. The van der Waals surface area contributed by atoms with Gasteiger partial charge in [-0.15, -0.1) is 11.3 Å². The van der Waals surface area contributed by atoms with Crippen LogP contribution in [-0.4, -0.2) is 35.9 Å². The van der Waals surface area contributed by atoms with Gasteiger partial charge in [-0.1, -0.05) is 13.8 Å². The minimum atomic E-state index is -0.0600. The topological polar surface area (TPSA) is 59.2 Å². The third kappa shape index (κ3) is 3.28. The van der Waals surface area contributed by atoms with Gasteiger partial charge >= 0.3 is 0 Å². The second-order valence-corrected chi connectivity index (χ2v) is 5.84. The van der Waals surface area contributed by atoms with Crippen molar-refractivity contribution in [2.75, 3.05) is 20.1 Å². The van der Waals surface area contributed by atoms with Crippen molar-refractivity contribution < 1.29 is 4.79 Å². The van der Waals surface area contributed by atoms with E-state index in [4.69, 9.17) is 5.73 Å². The van der Waals surface area contributed by atoms with E-state index in [-0.39, 0.29) is 11.3 Å². The molecule has 1 rings (SSSR count). The van der Waals surface area contributed by atoms with Crippen LogP contribution < -0.4 is 5.73 Å². The molecule has 0 fully saturated rings. The SMILES string of the molecule is Cc1nc(C(=O)N(C)CC(C)(C)CN)cs1. The molecule has 1 aromatic heterocycles. The molecule has 5 heteroatoms. The third-order valence-electron chi connectivity index (χ3n) is 2.40. The molecule has 1 aromatic rings. The molecule has 0 unspecified atom stereocenters. The number of carbonyl (C=O) groups excluding carboxylic acids is 1.